The molecular formula is C28H29N3O4. The summed E-state index contributed by atoms with van der Waals surface area (Å²) in [4.78, 5) is 32.1. The zero-order valence-corrected chi connectivity index (χ0v) is 20.0. The predicted octanol–water partition coefficient (Wildman–Crippen LogP) is 4.28. The number of carbonyl (C=O) groups is 2. The number of fused-ring (bicyclic) bond motifs is 1. The van der Waals surface area contributed by atoms with Crippen molar-refractivity contribution in [3.8, 4) is 5.75 Å². The lowest BCUT2D eigenvalue weighted by atomic mass is 9.93. The average Bonchev–Trinajstić information content (AvgIpc) is 3.57. The van der Waals surface area contributed by atoms with Crippen molar-refractivity contribution in [3.05, 3.63) is 89.0 Å². The van der Waals surface area contributed by atoms with Crippen molar-refractivity contribution in [1.29, 1.82) is 0 Å². The first-order valence-corrected chi connectivity index (χ1v) is 12.1. The van der Waals surface area contributed by atoms with E-state index in [4.69, 9.17) is 4.74 Å². The van der Waals surface area contributed by atoms with Crippen LogP contribution in [0.2, 0.25) is 0 Å². The SMILES string of the molecule is CCc1ccc([C@H]2C(=C(O)c3ccc4c(c3)C[C@H](C)O4)C(=O)C(=O)N2CCCn2ccnc2)cc1. The van der Waals surface area contributed by atoms with E-state index in [0.29, 0.717) is 25.1 Å². The molecule has 0 aliphatic carbocycles. The van der Waals surface area contributed by atoms with Crippen LogP contribution in [0.25, 0.3) is 5.76 Å². The van der Waals surface area contributed by atoms with Crippen LogP contribution in [-0.2, 0) is 29.0 Å². The van der Waals surface area contributed by atoms with Crippen LogP contribution in [0.3, 0.4) is 0 Å². The Labute approximate surface area is 204 Å². The molecule has 1 amide bonds. The van der Waals surface area contributed by atoms with Crippen LogP contribution in [0.5, 0.6) is 5.75 Å². The van der Waals surface area contributed by atoms with Gasteiger partial charge in [-0.2, -0.15) is 0 Å². The first kappa shape index (κ1) is 22.9. The van der Waals surface area contributed by atoms with Crippen LogP contribution in [0, 0.1) is 0 Å². The van der Waals surface area contributed by atoms with Gasteiger partial charge in [0.05, 0.1) is 17.9 Å². The van der Waals surface area contributed by atoms with Crippen LogP contribution < -0.4 is 4.74 Å². The van der Waals surface area contributed by atoms with Crippen molar-refractivity contribution >= 4 is 17.4 Å². The molecule has 7 heteroatoms. The fourth-order valence-electron chi connectivity index (χ4n) is 4.96. The maximum atomic E-state index is 13.3. The summed E-state index contributed by atoms with van der Waals surface area (Å²) in [5.41, 5.74) is 3.61. The second kappa shape index (κ2) is 9.41. The Hall–Kier alpha value is -3.87. The first-order valence-electron chi connectivity index (χ1n) is 12.1. The molecule has 2 aromatic carbocycles. The van der Waals surface area contributed by atoms with Gasteiger partial charge < -0.3 is 19.3 Å². The number of aliphatic hydroxyl groups is 1. The molecule has 180 valence electrons. The highest BCUT2D eigenvalue weighted by Crippen LogP contribution is 2.40. The number of likely N-dealkylation sites (tertiary alicyclic amines) is 1. The number of Topliss-reactive ketones (excluding diaryl/α,β-unsaturated/α-hetero) is 1. The molecule has 1 saturated heterocycles. The summed E-state index contributed by atoms with van der Waals surface area (Å²) in [6, 6.07) is 12.7. The molecule has 0 radical (unpaired) electrons. The van der Waals surface area contributed by atoms with Crippen molar-refractivity contribution < 1.29 is 19.4 Å². The monoisotopic (exact) mass is 471 g/mol. The van der Waals surface area contributed by atoms with E-state index in [0.717, 1.165) is 29.7 Å². The molecule has 1 N–H and O–H groups in total. The lowest BCUT2D eigenvalue weighted by molar-refractivity contribution is -0.139. The molecule has 7 nitrogen and oxygen atoms in total. The van der Waals surface area contributed by atoms with Gasteiger partial charge in [0.25, 0.3) is 11.7 Å². The maximum Gasteiger partial charge on any atom is 0.295 e. The molecule has 1 aromatic heterocycles. The molecule has 0 spiro atoms. The zero-order valence-electron chi connectivity index (χ0n) is 20.0. The quantitative estimate of drug-likeness (QED) is 0.316. The van der Waals surface area contributed by atoms with Gasteiger partial charge in [-0.15, -0.1) is 0 Å². The van der Waals surface area contributed by atoms with Gasteiger partial charge in [0.15, 0.2) is 0 Å². The number of amides is 1. The van der Waals surface area contributed by atoms with E-state index in [1.54, 1.807) is 23.5 Å². The van der Waals surface area contributed by atoms with Gasteiger partial charge in [-0.25, -0.2) is 4.98 Å². The summed E-state index contributed by atoms with van der Waals surface area (Å²) >= 11 is 0. The molecule has 5 rings (SSSR count). The van der Waals surface area contributed by atoms with E-state index in [9.17, 15) is 14.7 Å². The second-order valence-electron chi connectivity index (χ2n) is 9.20. The topological polar surface area (TPSA) is 84.7 Å². The summed E-state index contributed by atoms with van der Waals surface area (Å²) in [5.74, 6) is -0.590. The standard InChI is InChI=1S/C28H29N3O4/c1-3-19-5-7-20(8-6-19)25-24(26(32)21-9-10-23-22(16-21)15-18(2)35-23)27(33)28(34)31(25)13-4-12-30-14-11-29-17-30/h5-11,14,16-18,25,32H,3-4,12-13,15H2,1-2H3/t18-,25-/m0/s1. The van der Waals surface area contributed by atoms with E-state index in [-0.39, 0.29) is 17.4 Å². The minimum atomic E-state index is -0.653. The summed E-state index contributed by atoms with van der Waals surface area (Å²) in [6.45, 7) is 5.13. The number of ketones is 1. The van der Waals surface area contributed by atoms with E-state index in [1.807, 2.05) is 54.1 Å². The number of carbonyl (C=O) groups excluding carboxylic acids is 2. The number of imidazole rings is 1. The molecule has 35 heavy (non-hydrogen) atoms. The van der Waals surface area contributed by atoms with Crippen molar-refractivity contribution in [3.63, 3.8) is 0 Å². The van der Waals surface area contributed by atoms with Gasteiger partial charge in [-0.1, -0.05) is 31.2 Å². The third kappa shape index (κ3) is 4.34. The molecule has 0 bridgehead atoms. The number of nitrogens with zero attached hydrogens (tertiary/aromatic N) is 3. The summed E-state index contributed by atoms with van der Waals surface area (Å²) in [5, 5.41) is 11.4. The van der Waals surface area contributed by atoms with Gasteiger partial charge >= 0.3 is 0 Å². The van der Waals surface area contributed by atoms with Gasteiger partial charge in [-0.3, -0.25) is 9.59 Å². The molecule has 0 unspecified atom stereocenters. The maximum absolute atomic E-state index is 13.3. The highest BCUT2D eigenvalue weighted by Gasteiger charge is 2.45. The minimum Gasteiger partial charge on any atom is -0.507 e. The number of benzene rings is 2. The van der Waals surface area contributed by atoms with E-state index < -0.39 is 17.7 Å². The number of aliphatic hydroxyl groups excluding tert-OH is 1. The number of aryl methyl sites for hydroxylation is 2. The lowest BCUT2D eigenvalue weighted by Crippen LogP contribution is -2.31. The molecule has 2 atom stereocenters. The Balaban J connectivity index is 1.53. The van der Waals surface area contributed by atoms with Gasteiger partial charge in [0, 0.05) is 37.5 Å². The van der Waals surface area contributed by atoms with E-state index >= 15 is 0 Å². The number of rotatable bonds is 7. The third-order valence-electron chi connectivity index (χ3n) is 6.79. The van der Waals surface area contributed by atoms with Crippen molar-refractivity contribution in [2.24, 2.45) is 0 Å². The Kier molecular flexibility index (Phi) is 6.16. The molecule has 0 saturated carbocycles. The Morgan fingerprint density at radius 2 is 1.94 bits per heavy atom. The highest BCUT2D eigenvalue weighted by atomic mass is 16.5. The highest BCUT2D eigenvalue weighted by molar-refractivity contribution is 6.46. The molecule has 3 aromatic rings. The predicted molar refractivity (Wildman–Crippen MR) is 132 cm³/mol. The molecule has 2 aliphatic rings. The number of ether oxygens (including phenoxy) is 1. The smallest absolute Gasteiger partial charge is 0.295 e. The first-order chi connectivity index (χ1) is 17.0. The van der Waals surface area contributed by atoms with E-state index in [1.165, 1.54) is 5.56 Å². The van der Waals surface area contributed by atoms with Crippen molar-refractivity contribution in [2.45, 2.75) is 51.8 Å². The lowest BCUT2D eigenvalue weighted by Gasteiger charge is -2.25. The van der Waals surface area contributed by atoms with Crippen LogP contribution in [0.15, 0.2) is 66.8 Å². The molecular weight excluding hydrogens is 442 g/mol. The number of aromatic nitrogens is 2. The molecule has 1 fully saturated rings. The van der Waals surface area contributed by atoms with Crippen LogP contribution in [-0.4, -0.2) is 43.9 Å². The average molecular weight is 472 g/mol. The van der Waals surface area contributed by atoms with Gasteiger partial charge in [0.1, 0.15) is 17.6 Å². The van der Waals surface area contributed by atoms with Gasteiger partial charge in [0.2, 0.25) is 0 Å². The minimum absolute atomic E-state index is 0.0700. The summed E-state index contributed by atoms with van der Waals surface area (Å²) in [7, 11) is 0. The van der Waals surface area contributed by atoms with E-state index in [2.05, 4.69) is 11.9 Å². The van der Waals surface area contributed by atoms with Crippen LogP contribution >= 0.6 is 0 Å². The molecule has 3 heterocycles. The van der Waals surface area contributed by atoms with Crippen LogP contribution in [0.1, 0.15) is 48.6 Å². The Morgan fingerprint density at radius 3 is 2.66 bits per heavy atom. The summed E-state index contributed by atoms with van der Waals surface area (Å²) < 4.78 is 7.72. The van der Waals surface area contributed by atoms with Crippen molar-refractivity contribution in [1.82, 2.24) is 14.5 Å². The second-order valence-corrected chi connectivity index (χ2v) is 9.20. The normalized spacial score (nSPS) is 20.8. The Morgan fingerprint density at radius 1 is 1.14 bits per heavy atom. The fraction of sp³-hybridized carbons (Fsp3) is 0.321. The number of hydrogen-bond acceptors (Lipinski definition) is 5. The molecule has 2 aliphatic heterocycles. The van der Waals surface area contributed by atoms with Crippen LogP contribution in [0.4, 0.5) is 0 Å². The Bertz CT molecular complexity index is 1280. The largest absolute Gasteiger partial charge is 0.507 e. The third-order valence-corrected chi connectivity index (χ3v) is 6.79. The van der Waals surface area contributed by atoms with Crippen molar-refractivity contribution in [2.75, 3.05) is 6.54 Å². The van der Waals surface area contributed by atoms with Gasteiger partial charge in [-0.05, 0) is 54.7 Å². The number of hydrogen-bond donors (Lipinski definition) is 1. The fourth-order valence-corrected chi connectivity index (χ4v) is 4.96. The zero-order chi connectivity index (χ0) is 24.5. The summed E-state index contributed by atoms with van der Waals surface area (Å²) in [6.07, 6.45) is 7.66.